The molecule has 1 aromatic carbocycles. The number of ether oxygens (including phenoxy) is 1. The number of likely N-dealkylation sites (tertiary alicyclic amines) is 1. The van der Waals surface area contributed by atoms with Crippen molar-refractivity contribution in [3.63, 3.8) is 0 Å². The lowest BCUT2D eigenvalue weighted by Gasteiger charge is -2.27. The third kappa shape index (κ3) is 7.70. The van der Waals surface area contributed by atoms with E-state index in [1.54, 1.807) is 43.9 Å². The lowest BCUT2D eigenvalue weighted by atomic mass is 10.1. The highest BCUT2D eigenvalue weighted by molar-refractivity contribution is 5.86. The average Bonchev–Trinajstić information content (AvgIpc) is 3.25. The van der Waals surface area contributed by atoms with Crippen LogP contribution in [0.15, 0.2) is 18.2 Å². The van der Waals surface area contributed by atoms with Crippen LogP contribution in [0.3, 0.4) is 0 Å². The molecule has 9 heteroatoms. The number of unbranched alkanes of at least 4 members (excludes halogenated alkanes) is 1. The number of alkyl carbamates (subject to hydrolysis) is 1. The molecule has 0 radical (unpaired) electrons. The smallest absolute Gasteiger partial charge is 0.408 e. The summed E-state index contributed by atoms with van der Waals surface area (Å²) in [7, 11) is 0. The van der Waals surface area contributed by atoms with Gasteiger partial charge in [0.1, 0.15) is 29.8 Å². The van der Waals surface area contributed by atoms with E-state index >= 15 is 0 Å². The first-order chi connectivity index (χ1) is 15.7. The maximum Gasteiger partial charge on any atom is 0.408 e. The van der Waals surface area contributed by atoms with E-state index in [2.05, 4.69) is 16.7 Å². The number of amides is 2. The maximum absolute atomic E-state index is 13.1. The molecule has 33 heavy (non-hydrogen) atoms. The number of anilines is 1. The normalized spacial score (nSPS) is 16.1. The molecule has 0 aliphatic carbocycles. The van der Waals surface area contributed by atoms with Crippen molar-refractivity contribution in [3.8, 4) is 18.2 Å². The second-order valence-electron chi connectivity index (χ2n) is 8.92. The molecule has 0 saturated carbocycles. The van der Waals surface area contributed by atoms with E-state index in [1.165, 1.54) is 0 Å². The molecule has 0 spiro atoms. The molecular formula is C24H30N6O3. The molecule has 0 bridgehead atoms. The van der Waals surface area contributed by atoms with Crippen molar-refractivity contribution in [1.82, 2.24) is 10.2 Å². The number of benzene rings is 1. The molecule has 2 atom stereocenters. The van der Waals surface area contributed by atoms with Gasteiger partial charge in [0, 0.05) is 18.8 Å². The Labute approximate surface area is 194 Å². The molecule has 0 unspecified atom stereocenters. The lowest BCUT2D eigenvalue weighted by Crippen LogP contribution is -2.50. The highest BCUT2D eigenvalue weighted by Crippen LogP contribution is 2.20. The van der Waals surface area contributed by atoms with E-state index in [1.807, 2.05) is 12.1 Å². The van der Waals surface area contributed by atoms with Gasteiger partial charge in [-0.25, -0.2) is 4.79 Å². The second-order valence-corrected chi connectivity index (χ2v) is 8.92. The molecule has 9 nitrogen and oxygen atoms in total. The summed E-state index contributed by atoms with van der Waals surface area (Å²) in [5, 5.41) is 33.4. The van der Waals surface area contributed by atoms with Crippen LogP contribution in [-0.2, 0) is 9.53 Å². The minimum Gasteiger partial charge on any atom is -0.444 e. The predicted octanol–water partition coefficient (Wildman–Crippen LogP) is 3.42. The number of carbonyl (C=O) groups is 2. The summed E-state index contributed by atoms with van der Waals surface area (Å²) in [4.78, 5) is 26.9. The molecule has 2 amide bonds. The zero-order chi connectivity index (χ0) is 24.4. The molecule has 1 heterocycles. The van der Waals surface area contributed by atoms with Crippen LogP contribution >= 0.6 is 0 Å². The van der Waals surface area contributed by atoms with E-state index in [4.69, 9.17) is 15.3 Å². The first-order valence-electron chi connectivity index (χ1n) is 11.1. The third-order valence-electron chi connectivity index (χ3n) is 5.18. The van der Waals surface area contributed by atoms with Gasteiger partial charge in [0.15, 0.2) is 0 Å². The fraction of sp³-hybridized carbons (Fsp3) is 0.542. The van der Waals surface area contributed by atoms with Crippen LogP contribution in [-0.4, -0.2) is 47.7 Å². The number of nitriles is 3. The van der Waals surface area contributed by atoms with Crippen molar-refractivity contribution in [3.05, 3.63) is 29.3 Å². The second kappa shape index (κ2) is 11.7. The molecule has 1 fully saturated rings. The van der Waals surface area contributed by atoms with Crippen LogP contribution < -0.4 is 10.6 Å². The summed E-state index contributed by atoms with van der Waals surface area (Å²) in [6.07, 6.45) is 2.51. The zero-order valence-corrected chi connectivity index (χ0v) is 19.4. The Morgan fingerprint density at radius 2 is 1.91 bits per heavy atom. The van der Waals surface area contributed by atoms with Gasteiger partial charge in [0.05, 0.1) is 17.2 Å². The van der Waals surface area contributed by atoms with Crippen LogP contribution in [0.1, 0.15) is 64.0 Å². The summed E-state index contributed by atoms with van der Waals surface area (Å²) in [5.41, 5.74) is 0.690. The van der Waals surface area contributed by atoms with Crippen molar-refractivity contribution < 1.29 is 14.3 Å². The Hall–Kier alpha value is -3.77. The maximum atomic E-state index is 13.1. The van der Waals surface area contributed by atoms with Gasteiger partial charge in [-0.15, -0.1) is 0 Å². The summed E-state index contributed by atoms with van der Waals surface area (Å²) >= 11 is 0. The van der Waals surface area contributed by atoms with Gasteiger partial charge in [-0.3, -0.25) is 4.79 Å². The molecular weight excluding hydrogens is 420 g/mol. The topological polar surface area (TPSA) is 142 Å². The number of nitrogens with one attached hydrogen (secondary N) is 2. The van der Waals surface area contributed by atoms with Gasteiger partial charge in [-0.2, -0.15) is 15.8 Å². The average molecular weight is 451 g/mol. The predicted molar refractivity (Wildman–Crippen MR) is 122 cm³/mol. The Morgan fingerprint density at radius 1 is 1.18 bits per heavy atom. The molecule has 2 N–H and O–H groups in total. The molecule has 1 aliphatic rings. The van der Waals surface area contributed by atoms with Gasteiger partial charge >= 0.3 is 6.09 Å². The van der Waals surface area contributed by atoms with Crippen molar-refractivity contribution in [2.45, 2.75) is 70.6 Å². The van der Waals surface area contributed by atoms with E-state index in [0.717, 1.165) is 12.1 Å². The minimum absolute atomic E-state index is 0.261. The number of hydrogen-bond donors (Lipinski definition) is 2. The van der Waals surface area contributed by atoms with Gasteiger partial charge in [-0.05, 0) is 71.1 Å². The number of rotatable bonds is 8. The van der Waals surface area contributed by atoms with Crippen LogP contribution in [0.5, 0.6) is 0 Å². The SMILES string of the molecule is CC(C)(C)OC(=O)N[C@@H](CCCCNc1ccc(C#N)c(C#N)c1)C(=O)N1CCC[C@H]1C#N. The van der Waals surface area contributed by atoms with Crippen LogP contribution in [0.2, 0.25) is 0 Å². The van der Waals surface area contributed by atoms with E-state index in [9.17, 15) is 14.9 Å². The van der Waals surface area contributed by atoms with E-state index < -0.39 is 23.8 Å². The standard InChI is InChI=1S/C24H30N6O3/c1-24(2,3)33-23(32)29-21(22(31)30-12-6-7-20(30)16-27)8-4-5-11-28-19-10-9-17(14-25)18(13-19)15-26/h9-10,13,20-21,28H,4-8,11-12H2,1-3H3,(H,29,32)/t20-,21-/m0/s1. The number of nitrogens with zero attached hydrogens (tertiary/aromatic N) is 4. The van der Waals surface area contributed by atoms with Gasteiger partial charge < -0.3 is 20.3 Å². The molecule has 1 aliphatic heterocycles. The largest absolute Gasteiger partial charge is 0.444 e. The van der Waals surface area contributed by atoms with Gasteiger partial charge in [-0.1, -0.05) is 0 Å². The van der Waals surface area contributed by atoms with Crippen molar-refractivity contribution in [2.24, 2.45) is 0 Å². The monoisotopic (exact) mass is 450 g/mol. The molecule has 0 aromatic heterocycles. The summed E-state index contributed by atoms with van der Waals surface area (Å²) in [6.45, 7) is 6.35. The van der Waals surface area contributed by atoms with Crippen molar-refractivity contribution >= 4 is 17.7 Å². The first-order valence-corrected chi connectivity index (χ1v) is 11.1. The lowest BCUT2D eigenvalue weighted by molar-refractivity contribution is -0.133. The quantitative estimate of drug-likeness (QED) is 0.578. The van der Waals surface area contributed by atoms with Crippen LogP contribution in [0.25, 0.3) is 0 Å². The Balaban J connectivity index is 1.94. The number of hydrogen-bond acceptors (Lipinski definition) is 7. The fourth-order valence-electron chi connectivity index (χ4n) is 3.62. The van der Waals surface area contributed by atoms with Crippen LogP contribution in [0, 0.1) is 34.0 Å². The first kappa shape index (κ1) is 25.5. The summed E-state index contributed by atoms with van der Waals surface area (Å²) in [5.74, 6) is -0.261. The molecule has 1 aromatic rings. The highest BCUT2D eigenvalue weighted by atomic mass is 16.6. The Kier molecular flexibility index (Phi) is 9.07. The van der Waals surface area contributed by atoms with Gasteiger partial charge in [0.2, 0.25) is 5.91 Å². The van der Waals surface area contributed by atoms with Crippen LogP contribution in [0.4, 0.5) is 10.5 Å². The Bertz CT molecular complexity index is 980. The van der Waals surface area contributed by atoms with Gasteiger partial charge in [0.25, 0.3) is 0 Å². The van der Waals surface area contributed by atoms with E-state index in [0.29, 0.717) is 49.9 Å². The molecule has 1 saturated heterocycles. The van der Waals surface area contributed by atoms with Crippen molar-refractivity contribution in [1.29, 1.82) is 15.8 Å². The fourth-order valence-corrected chi connectivity index (χ4v) is 3.62. The van der Waals surface area contributed by atoms with Crippen molar-refractivity contribution in [2.75, 3.05) is 18.4 Å². The summed E-state index contributed by atoms with van der Waals surface area (Å²) < 4.78 is 5.31. The number of carbonyl (C=O) groups excluding carboxylic acids is 2. The highest BCUT2D eigenvalue weighted by Gasteiger charge is 2.34. The van der Waals surface area contributed by atoms with E-state index in [-0.39, 0.29) is 5.91 Å². The third-order valence-corrected chi connectivity index (χ3v) is 5.18. The summed E-state index contributed by atoms with van der Waals surface area (Å²) in [6, 6.07) is 9.88. The zero-order valence-electron chi connectivity index (χ0n) is 19.4. The molecule has 174 valence electrons. The Morgan fingerprint density at radius 3 is 2.55 bits per heavy atom. The minimum atomic E-state index is -0.770. The molecule has 2 rings (SSSR count).